The molecule has 0 heterocycles. The predicted octanol–water partition coefficient (Wildman–Crippen LogP) is 2.48. The second-order valence-electron chi connectivity index (χ2n) is 4.71. The van der Waals surface area contributed by atoms with Crippen LogP contribution in [0.2, 0.25) is 0 Å². The van der Waals surface area contributed by atoms with Crippen LogP contribution >= 0.6 is 0 Å². The Kier molecular flexibility index (Phi) is 4.02. The molecule has 0 radical (unpaired) electrons. The van der Waals surface area contributed by atoms with E-state index in [1.807, 2.05) is 24.3 Å². The number of methoxy groups -OCH3 is 1. The first-order valence-corrected chi connectivity index (χ1v) is 6.25. The van der Waals surface area contributed by atoms with Crippen molar-refractivity contribution in [2.75, 3.05) is 13.7 Å². The van der Waals surface area contributed by atoms with E-state index in [0.29, 0.717) is 13.2 Å². The summed E-state index contributed by atoms with van der Waals surface area (Å²) < 4.78 is 11.2. The Labute approximate surface area is 103 Å². The second-order valence-corrected chi connectivity index (χ2v) is 4.71. The highest BCUT2D eigenvalue weighted by Crippen LogP contribution is 2.38. The molecule has 3 nitrogen and oxygen atoms in total. The third-order valence-corrected chi connectivity index (χ3v) is 3.57. The molecule has 0 saturated heterocycles. The lowest BCUT2D eigenvalue weighted by molar-refractivity contribution is -0.112. The molecule has 94 valence electrons. The van der Waals surface area contributed by atoms with Gasteiger partial charge in [0.15, 0.2) is 0 Å². The number of hydrogen-bond acceptors (Lipinski definition) is 3. The minimum Gasteiger partial charge on any atom is -0.497 e. The van der Waals surface area contributed by atoms with Crippen molar-refractivity contribution < 1.29 is 9.47 Å². The average Bonchev–Trinajstić information content (AvgIpc) is 2.33. The minimum atomic E-state index is 0.0642. The average molecular weight is 235 g/mol. The maximum absolute atomic E-state index is 6.04. The third kappa shape index (κ3) is 2.99. The summed E-state index contributed by atoms with van der Waals surface area (Å²) in [6.45, 7) is 1.38. The molecule has 0 bridgehead atoms. The molecule has 17 heavy (non-hydrogen) atoms. The first-order valence-electron chi connectivity index (χ1n) is 6.25. The fourth-order valence-electron chi connectivity index (χ4n) is 2.26. The van der Waals surface area contributed by atoms with Gasteiger partial charge in [0, 0.05) is 0 Å². The molecule has 1 aliphatic rings. The predicted molar refractivity (Wildman–Crippen MR) is 68.0 cm³/mol. The molecule has 2 N–H and O–H groups in total. The van der Waals surface area contributed by atoms with Crippen molar-refractivity contribution in [3.8, 4) is 5.75 Å². The van der Waals surface area contributed by atoms with Crippen LogP contribution in [0.5, 0.6) is 5.75 Å². The zero-order chi connectivity index (χ0) is 12.1. The van der Waals surface area contributed by atoms with Crippen LogP contribution in [0.15, 0.2) is 24.3 Å². The van der Waals surface area contributed by atoms with E-state index in [9.17, 15) is 0 Å². The molecule has 1 fully saturated rings. The fraction of sp³-hybridized carbons (Fsp3) is 0.571. The van der Waals surface area contributed by atoms with Crippen LogP contribution in [0.25, 0.3) is 0 Å². The highest BCUT2D eigenvalue weighted by Gasteiger charge is 2.36. The van der Waals surface area contributed by atoms with Gasteiger partial charge in [-0.05, 0) is 49.9 Å². The molecular formula is C14H21NO2. The number of rotatable bonds is 6. The summed E-state index contributed by atoms with van der Waals surface area (Å²) in [4.78, 5) is 0. The van der Waals surface area contributed by atoms with Crippen LogP contribution < -0.4 is 10.5 Å². The van der Waals surface area contributed by atoms with Crippen molar-refractivity contribution in [2.24, 2.45) is 5.73 Å². The lowest BCUT2D eigenvalue weighted by atomic mass is 9.77. The van der Waals surface area contributed by atoms with Crippen molar-refractivity contribution in [3.63, 3.8) is 0 Å². The van der Waals surface area contributed by atoms with Crippen molar-refractivity contribution >= 4 is 0 Å². The molecular weight excluding hydrogens is 214 g/mol. The molecule has 1 aromatic rings. The van der Waals surface area contributed by atoms with Gasteiger partial charge in [-0.3, -0.25) is 0 Å². The Morgan fingerprint density at radius 2 is 1.94 bits per heavy atom. The normalized spacial score (nSPS) is 17.5. The van der Waals surface area contributed by atoms with Gasteiger partial charge >= 0.3 is 0 Å². The monoisotopic (exact) mass is 235 g/mol. The molecule has 0 spiro atoms. The van der Waals surface area contributed by atoms with Crippen molar-refractivity contribution in [3.05, 3.63) is 29.8 Å². The summed E-state index contributed by atoms with van der Waals surface area (Å²) in [5, 5.41) is 0. The van der Waals surface area contributed by atoms with Gasteiger partial charge in [0.25, 0.3) is 0 Å². The number of hydrogen-bond donors (Lipinski definition) is 1. The van der Waals surface area contributed by atoms with E-state index >= 15 is 0 Å². The molecule has 0 amide bonds. The van der Waals surface area contributed by atoms with Gasteiger partial charge in [-0.25, -0.2) is 0 Å². The number of ether oxygens (including phenoxy) is 2. The van der Waals surface area contributed by atoms with Crippen LogP contribution in [-0.4, -0.2) is 19.3 Å². The summed E-state index contributed by atoms with van der Waals surface area (Å²) in [6.07, 6.45) is 4.55. The van der Waals surface area contributed by atoms with Gasteiger partial charge in [0.1, 0.15) is 5.75 Å². The van der Waals surface area contributed by atoms with Crippen molar-refractivity contribution in [1.82, 2.24) is 0 Å². The largest absolute Gasteiger partial charge is 0.497 e. The zero-order valence-electron chi connectivity index (χ0n) is 10.4. The smallest absolute Gasteiger partial charge is 0.118 e. The molecule has 3 heteroatoms. The first-order chi connectivity index (χ1) is 8.28. The van der Waals surface area contributed by atoms with Gasteiger partial charge < -0.3 is 15.2 Å². The maximum Gasteiger partial charge on any atom is 0.118 e. The van der Waals surface area contributed by atoms with Crippen LogP contribution in [0.3, 0.4) is 0 Å². The van der Waals surface area contributed by atoms with Crippen molar-refractivity contribution in [2.45, 2.75) is 37.9 Å². The van der Waals surface area contributed by atoms with Crippen molar-refractivity contribution in [1.29, 1.82) is 0 Å². The van der Waals surface area contributed by atoms with Crippen LogP contribution in [0.4, 0.5) is 0 Å². The molecule has 1 aromatic carbocycles. The molecule has 0 aliphatic heterocycles. The third-order valence-electron chi connectivity index (χ3n) is 3.57. The SMILES string of the molecule is COc1ccc(COC2(CCN)CCC2)cc1. The van der Waals surface area contributed by atoms with E-state index in [0.717, 1.165) is 25.0 Å². The molecule has 2 rings (SSSR count). The van der Waals surface area contributed by atoms with E-state index in [1.54, 1.807) is 7.11 Å². The van der Waals surface area contributed by atoms with E-state index in [4.69, 9.17) is 15.2 Å². The quantitative estimate of drug-likeness (QED) is 0.824. The Balaban J connectivity index is 1.87. The molecule has 1 saturated carbocycles. The number of nitrogens with two attached hydrogens (primary N) is 1. The highest BCUT2D eigenvalue weighted by molar-refractivity contribution is 5.26. The van der Waals surface area contributed by atoms with Gasteiger partial charge in [-0.1, -0.05) is 12.1 Å². The van der Waals surface area contributed by atoms with Gasteiger partial charge in [-0.15, -0.1) is 0 Å². The Morgan fingerprint density at radius 3 is 2.41 bits per heavy atom. The van der Waals surface area contributed by atoms with Crippen LogP contribution in [-0.2, 0) is 11.3 Å². The fourth-order valence-corrected chi connectivity index (χ4v) is 2.26. The Hall–Kier alpha value is -1.06. The summed E-state index contributed by atoms with van der Waals surface area (Å²) in [7, 11) is 1.68. The molecule has 0 atom stereocenters. The van der Waals surface area contributed by atoms with Crippen LogP contribution in [0.1, 0.15) is 31.2 Å². The highest BCUT2D eigenvalue weighted by atomic mass is 16.5. The maximum atomic E-state index is 6.04. The summed E-state index contributed by atoms with van der Waals surface area (Å²) >= 11 is 0. The zero-order valence-corrected chi connectivity index (χ0v) is 10.4. The van der Waals surface area contributed by atoms with Gasteiger partial charge in [-0.2, -0.15) is 0 Å². The van der Waals surface area contributed by atoms with E-state index in [2.05, 4.69) is 0 Å². The number of benzene rings is 1. The van der Waals surface area contributed by atoms with Gasteiger partial charge in [0.2, 0.25) is 0 Å². The summed E-state index contributed by atoms with van der Waals surface area (Å²) in [5.41, 5.74) is 6.89. The second kappa shape index (κ2) is 5.52. The molecule has 0 aromatic heterocycles. The Bertz CT molecular complexity index is 344. The standard InChI is InChI=1S/C14H21NO2/c1-16-13-5-3-12(4-6-13)11-17-14(9-10-15)7-2-8-14/h3-6H,2,7-11,15H2,1H3. The Morgan fingerprint density at radius 1 is 1.24 bits per heavy atom. The van der Waals surface area contributed by atoms with Gasteiger partial charge in [0.05, 0.1) is 19.3 Å². The summed E-state index contributed by atoms with van der Waals surface area (Å²) in [6, 6.07) is 8.03. The van der Waals surface area contributed by atoms with E-state index < -0.39 is 0 Å². The first kappa shape index (κ1) is 12.4. The van der Waals surface area contributed by atoms with Crippen LogP contribution in [0, 0.1) is 0 Å². The molecule has 0 unspecified atom stereocenters. The lowest BCUT2D eigenvalue weighted by Crippen LogP contribution is -2.41. The topological polar surface area (TPSA) is 44.5 Å². The minimum absolute atomic E-state index is 0.0642. The van der Waals surface area contributed by atoms with E-state index in [1.165, 1.54) is 12.0 Å². The molecule has 1 aliphatic carbocycles. The lowest BCUT2D eigenvalue weighted by Gasteiger charge is -2.41. The van der Waals surface area contributed by atoms with E-state index in [-0.39, 0.29) is 5.60 Å². The summed E-state index contributed by atoms with van der Waals surface area (Å²) in [5.74, 6) is 0.883.